The zero-order chi connectivity index (χ0) is 23.8. The maximum absolute atomic E-state index is 12.7. The van der Waals surface area contributed by atoms with E-state index in [1.165, 1.54) is 54.8 Å². The number of carbonyl (C=O) groups excluding carboxylic acids is 2. The molecule has 10 heteroatoms. The summed E-state index contributed by atoms with van der Waals surface area (Å²) in [7, 11) is 0. The molecule has 4 N–H and O–H groups in total. The number of carbonyl (C=O) groups is 2. The third-order valence-corrected chi connectivity index (χ3v) is 4.32. The standard InChI is InChI=1S/C23H18N4O6/c28-20-11-8-16(13-21(20)29)14-24-26-23(31)19(25-22(30)17-4-2-1-3-5-17)12-15-6-9-18(10-7-15)27(32)33/h1-14,28-29H,(H,25,30)(H,26,31)/b19-12+,24-14+. The number of nitro groups is 1. The molecule has 0 heterocycles. The summed E-state index contributed by atoms with van der Waals surface area (Å²) in [6, 6.07) is 17.6. The van der Waals surface area contributed by atoms with Gasteiger partial charge in [0, 0.05) is 17.7 Å². The molecule has 33 heavy (non-hydrogen) atoms. The Balaban J connectivity index is 1.82. The minimum Gasteiger partial charge on any atom is -0.504 e. The second-order valence-electron chi connectivity index (χ2n) is 6.67. The van der Waals surface area contributed by atoms with E-state index in [0.717, 1.165) is 0 Å². The fraction of sp³-hybridized carbons (Fsp3) is 0. The summed E-state index contributed by atoms with van der Waals surface area (Å²) >= 11 is 0. The minimum absolute atomic E-state index is 0.117. The van der Waals surface area contributed by atoms with Gasteiger partial charge in [-0.25, -0.2) is 5.43 Å². The van der Waals surface area contributed by atoms with E-state index >= 15 is 0 Å². The molecule has 2 amide bonds. The number of nitrogens with one attached hydrogen (secondary N) is 2. The maximum Gasteiger partial charge on any atom is 0.287 e. The van der Waals surface area contributed by atoms with Crippen LogP contribution in [0.1, 0.15) is 21.5 Å². The summed E-state index contributed by atoms with van der Waals surface area (Å²) < 4.78 is 0. The van der Waals surface area contributed by atoms with Crippen LogP contribution in [0.15, 0.2) is 83.6 Å². The second-order valence-corrected chi connectivity index (χ2v) is 6.67. The number of phenolic OH excluding ortho intramolecular Hbond substituents is 2. The lowest BCUT2D eigenvalue weighted by Gasteiger charge is -2.09. The van der Waals surface area contributed by atoms with Gasteiger partial charge in [0.2, 0.25) is 0 Å². The largest absolute Gasteiger partial charge is 0.504 e. The van der Waals surface area contributed by atoms with Crippen molar-refractivity contribution in [2.24, 2.45) is 5.10 Å². The predicted molar refractivity (Wildman–Crippen MR) is 120 cm³/mol. The topological polar surface area (TPSA) is 154 Å². The van der Waals surface area contributed by atoms with Crippen LogP contribution in [0.5, 0.6) is 11.5 Å². The number of benzene rings is 3. The molecule has 3 aromatic carbocycles. The van der Waals surface area contributed by atoms with Gasteiger partial charge in [-0.05, 0) is 59.7 Å². The fourth-order valence-electron chi connectivity index (χ4n) is 2.65. The average Bonchev–Trinajstić information content (AvgIpc) is 2.81. The van der Waals surface area contributed by atoms with Crippen molar-refractivity contribution in [1.82, 2.24) is 10.7 Å². The van der Waals surface area contributed by atoms with E-state index in [1.54, 1.807) is 30.3 Å². The summed E-state index contributed by atoms with van der Waals surface area (Å²) in [5.41, 5.74) is 3.16. The number of amides is 2. The highest BCUT2D eigenvalue weighted by molar-refractivity contribution is 6.05. The molecule has 0 radical (unpaired) electrons. The van der Waals surface area contributed by atoms with Crippen molar-refractivity contribution in [2.75, 3.05) is 0 Å². The van der Waals surface area contributed by atoms with E-state index in [9.17, 15) is 29.9 Å². The smallest absolute Gasteiger partial charge is 0.287 e. The van der Waals surface area contributed by atoms with Gasteiger partial charge in [0.15, 0.2) is 11.5 Å². The van der Waals surface area contributed by atoms with E-state index in [4.69, 9.17) is 0 Å². The molecular formula is C23H18N4O6. The Labute approximate surface area is 187 Å². The highest BCUT2D eigenvalue weighted by Crippen LogP contribution is 2.24. The molecule has 3 aromatic rings. The first-order chi connectivity index (χ1) is 15.8. The zero-order valence-corrected chi connectivity index (χ0v) is 17.0. The zero-order valence-electron chi connectivity index (χ0n) is 17.0. The van der Waals surface area contributed by atoms with E-state index in [-0.39, 0.29) is 22.9 Å². The first kappa shape index (κ1) is 22.7. The molecule has 0 bridgehead atoms. The van der Waals surface area contributed by atoms with Crippen molar-refractivity contribution in [3.63, 3.8) is 0 Å². The molecule has 166 valence electrons. The molecule has 0 aliphatic heterocycles. The van der Waals surface area contributed by atoms with Gasteiger partial charge in [0.25, 0.3) is 17.5 Å². The molecular weight excluding hydrogens is 428 g/mol. The lowest BCUT2D eigenvalue weighted by molar-refractivity contribution is -0.384. The maximum atomic E-state index is 12.7. The molecule has 0 fully saturated rings. The van der Waals surface area contributed by atoms with Gasteiger partial charge in [-0.1, -0.05) is 18.2 Å². The average molecular weight is 446 g/mol. The molecule has 0 saturated heterocycles. The Morgan fingerprint density at radius 2 is 1.58 bits per heavy atom. The first-order valence-electron chi connectivity index (χ1n) is 9.51. The summed E-state index contributed by atoms with van der Waals surface area (Å²) in [6.45, 7) is 0. The lowest BCUT2D eigenvalue weighted by Crippen LogP contribution is -2.32. The van der Waals surface area contributed by atoms with Gasteiger partial charge in [-0.15, -0.1) is 0 Å². The molecule has 0 spiro atoms. The lowest BCUT2D eigenvalue weighted by atomic mass is 10.1. The molecule has 10 nitrogen and oxygen atoms in total. The number of non-ortho nitro benzene ring substituents is 1. The van der Waals surface area contributed by atoms with Crippen LogP contribution in [0.4, 0.5) is 5.69 Å². The van der Waals surface area contributed by atoms with Gasteiger partial charge < -0.3 is 15.5 Å². The predicted octanol–water partition coefficient (Wildman–Crippen LogP) is 2.93. The van der Waals surface area contributed by atoms with Gasteiger partial charge in [-0.3, -0.25) is 19.7 Å². The van der Waals surface area contributed by atoms with Crippen LogP contribution in [0.3, 0.4) is 0 Å². The molecule has 3 rings (SSSR count). The fourth-order valence-corrected chi connectivity index (χ4v) is 2.65. The number of phenols is 2. The first-order valence-corrected chi connectivity index (χ1v) is 9.51. The molecule has 0 atom stereocenters. The number of rotatable bonds is 7. The summed E-state index contributed by atoms with van der Waals surface area (Å²) in [4.78, 5) is 35.5. The molecule has 0 unspecified atom stereocenters. The Hall–Kier alpha value is -4.99. The van der Waals surface area contributed by atoms with Crippen molar-refractivity contribution < 1.29 is 24.7 Å². The van der Waals surface area contributed by atoms with Crippen LogP contribution < -0.4 is 10.7 Å². The van der Waals surface area contributed by atoms with Gasteiger partial charge in [0.1, 0.15) is 5.70 Å². The Morgan fingerprint density at radius 1 is 0.909 bits per heavy atom. The van der Waals surface area contributed by atoms with Crippen molar-refractivity contribution in [3.05, 3.63) is 105 Å². The van der Waals surface area contributed by atoms with Crippen LogP contribution in [0.25, 0.3) is 6.08 Å². The van der Waals surface area contributed by atoms with E-state index in [1.807, 2.05) is 0 Å². The van der Waals surface area contributed by atoms with Gasteiger partial charge in [-0.2, -0.15) is 5.10 Å². The number of nitrogens with zero attached hydrogens (tertiary/aromatic N) is 2. The number of hydrazone groups is 1. The molecule has 0 saturated carbocycles. The Kier molecular flexibility index (Phi) is 7.12. The summed E-state index contributed by atoms with van der Waals surface area (Å²) in [5, 5.41) is 36.0. The van der Waals surface area contributed by atoms with Crippen molar-refractivity contribution in [2.45, 2.75) is 0 Å². The summed E-state index contributed by atoms with van der Waals surface area (Å²) in [6.07, 6.45) is 2.58. The van der Waals surface area contributed by atoms with E-state index in [2.05, 4.69) is 15.8 Å². The van der Waals surface area contributed by atoms with Gasteiger partial charge in [0.05, 0.1) is 11.1 Å². The van der Waals surface area contributed by atoms with Crippen LogP contribution >= 0.6 is 0 Å². The Morgan fingerprint density at radius 3 is 2.21 bits per heavy atom. The van der Waals surface area contributed by atoms with Crippen LogP contribution in [0, 0.1) is 10.1 Å². The highest BCUT2D eigenvalue weighted by Gasteiger charge is 2.15. The van der Waals surface area contributed by atoms with Crippen molar-refractivity contribution in [1.29, 1.82) is 0 Å². The van der Waals surface area contributed by atoms with E-state index < -0.39 is 16.7 Å². The quantitative estimate of drug-likeness (QED) is 0.144. The Bertz CT molecular complexity index is 1240. The monoisotopic (exact) mass is 446 g/mol. The molecule has 0 aliphatic carbocycles. The molecule has 0 aromatic heterocycles. The van der Waals surface area contributed by atoms with Crippen LogP contribution in [-0.4, -0.2) is 33.2 Å². The van der Waals surface area contributed by atoms with Crippen LogP contribution in [-0.2, 0) is 4.79 Å². The normalized spacial score (nSPS) is 11.2. The third kappa shape index (κ3) is 6.25. The van der Waals surface area contributed by atoms with Gasteiger partial charge >= 0.3 is 0 Å². The minimum atomic E-state index is -0.753. The van der Waals surface area contributed by atoms with Crippen molar-refractivity contribution >= 4 is 29.8 Å². The summed E-state index contributed by atoms with van der Waals surface area (Å²) in [5.74, 6) is -1.93. The number of nitro benzene ring substituents is 1. The van der Waals surface area contributed by atoms with Crippen LogP contribution in [0.2, 0.25) is 0 Å². The van der Waals surface area contributed by atoms with Crippen molar-refractivity contribution in [3.8, 4) is 11.5 Å². The number of hydrogen-bond acceptors (Lipinski definition) is 7. The SMILES string of the molecule is O=C(N/N=C/c1ccc(O)c(O)c1)/C(=C\c1ccc([N+](=O)[O-])cc1)NC(=O)c1ccccc1. The number of hydrogen-bond donors (Lipinski definition) is 4. The highest BCUT2D eigenvalue weighted by atomic mass is 16.6. The third-order valence-electron chi connectivity index (χ3n) is 4.32. The molecule has 0 aliphatic rings. The second kappa shape index (κ2) is 10.4. The van der Waals surface area contributed by atoms with E-state index in [0.29, 0.717) is 16.7 Å². The number of aromatic hydroxyl groups is 2.